The van der Waals surface area contributed by atoms with Crippen molar-refractivity contribution in [1.29, 1.82) is 0 Å². The highest BCUT2D eigenvalue weighted by atomic mass is 35.5. The minimum absolute atomic E-state index is 0.352. The fraction of sp³-hybridized carbons (Fsp3) is 0.333. The number of aryl methyl sites for hydroxylation is 1. The normalized spacial score (nSPS) is 15.9. The van der Waals surface area contributed by atoms with E-state index in [1.807, 2.05) is 29.7 Å². The molecule has 1 fully saturated rings. The Morgan fingerprint density at radius 3 is 2.81 bits per heavy atom. The Morgan fingerprint density at radius 2 is 1.96 bits per heavy atom. The molecule has 0 N–H and O–H groups in total. The molecule has 1 aliphatic heterocycles. The average Bonchev–Trinajstić information content (AvgIpc) is 3.21. The topological polar surface area (TPSA) is 70.7 Å². The van der Waals surface area contributed by atoms with E-state index in [4.69, 9.17) is 21.3 Å². The van der Waals surface area contributed by atoms with Crippen LogP contribution in [0, 0.1) is 6.92 Å². The van der Waals surface area contributed by atoms with Gasteiger partial charge in [0, 0.05) is 24.3 Å². The molecule has 3 aromatic heterocycles. The van der Waals surface area contributed by atoms with E-state index in [2.05, 4.69) is 19.5 Å². The van der Waals surface area contributed by atoms with Crippen molar-refractivity contribution in [2.24, 2.45) is 0 Å². The summed E-state index contributed by atoms with van der Waals surface area (Å²) in [6.45, 7) is 3.56. The van der Waals surface area contributed by atoms with E-state index in [0.29, 0.717) is 17.0 Å². The Labute approximate surface area is 154 Å². The zero-order valence-corrected chi connectivity index (χ0v) is 15.0. The lowest BCUT2D eigenvalue weighted by molar-refractivity contribution is 0.0699. The molecule has 0 aliphatic carbocycles. The first kappa shape index (κ1) is 15.7. The smallest absolute Gasteiger partial charge is 0.237 e. The molecule has 4 aromatic rings. The van der Waals surface area contributed by atoms with Crippen LogP contribution in [-0.2, 0) is 4.74 Å². The van der Waals surface area contributed by atoms with Gasteiger partial charge in [-0.2, -0.15) is 4.98 Å². The minimum Gasteiger partial charge on any atom is -0.381 e. The lowest BCUT2D eigenvalue weighted by Crippen LogP contribution is -2.20. The second-order valence-electron chi connectivity index (χ2n) is 6.50. The lowest BCUT2D eigenvalue weighted by Gasteiger charge is -2.24. The van der Waals surface area contributed by atoms with Crippen LogP contribution in [0.2, 0.25) is 5.02 Å². The van der Waals surface area contributed by atoms with Crippen LogP contribution < -0.4 is 0 Å². The number of benzene rings is 1. The molecule has 0 saturated carbocycles. The van der Waals surface area contributed by atoms with Crippen molar-refractivity contribution in [3.8, 4) is 5.95 Å². The van der Waals surface area contributed by atoms with Crippen LogP contribution in [0.25, 0.3) is 28.1 Å². The Bertz CT molecular complexity index is 1110. The Kier molecular flexibility index (Phi) is 3.65. The SMILES string of the molecule is Cc1nc2cnc(-n3cnc4ccc(Cl)cc43)nc2n1C1CCOCC1. The van der Waals surface area contributed by atoms with Gasteiger partial charge >= 0.3 is 0 Å². The lowest BCUT2D eigenvalue weighted by atomic mass is 10.1. The summed E-state index contributed by atoms with van der Waals surface area (Å²) >= 11 is 6.15. The predicted octanol–water partition coefficient (Wildman–Crippen LogP) is 3.48. The van der Waals surface area contributed by atoms with Gasteiger partial charge in [-0.1, -0.05) is 11.6 Å². The highest BCUT2D eigenvalue weighted by molar-refractivity contribution is 6.31. The number of hydrogen-bond acceptors (Lipinski definition) is 5. The minimum atomic E-state index is 0.352. The van der Waals surface area contributed by atoms with Crippen molar-refractivity contribution in [3.05, 3.63) is 41.6 Å². The third kappa shape index (κ3) is 2.47. The Morgan fingerprint density at radius 1 is 1.12 bits per heavy atom. The number of rotatable bonds is 2. The molecule has 0 unspecified atom stereocenters. The third-order valence-corrected chi connectivity index (χ3v) is 5.11. The van der Waals surface area contributed by atoms with E-state index in [-0.39, 0.29) is 0 Å². The molecular formula is C18H17ClN6O. The molecule has 1 saturated heterocycles. The van der Waals surface area contributed by atoms with Crippen LogP contribution >= 0.6 is 11.6 Å². The Balaban J connectivity index is 1.68. The molecule has 0 bridgehead atoms. The van der Waals surface area contributed by atoms with Gasteiger partial charge in [0.15, 0.2) is 5.65 Å². The van der Waals surface area contributed by atoms with Crippen molar-refractivity contribution < 1.29 is 4.74 Å². The van der Waals surface area contributed by atoms with E-state index in [1.165, 1.54) is 0 Å². The van der Waals surface area contributed by atoms with Gasteiger partial charge in [0.2, 0.25) is 5.95 Å². The van der Waals surface area contributed by atoms with Gasteiger partial charge in [-0.15, -0.1) is 0 Å². The third-order valence-electron chi connectivity index (χ3n) is 4.88. The molecule has 0 radical (unpaired) electrons. The van der Waals surface area contributed by atoms with E-state index in [0.717, 1.165) is 54.1 Å². The summed E-state index contributed by atoms with van der Waals surface area (Å²) in [7, 11) is 0. The molecule has 4 heterocycles. The largest absolute Gasteiger partial charge is 0.381 e. The van der Waals surface area contributed by atoms with Crippen LogP contribution in [0.5, 0.6) is 0 Å². The highest BCUT2D eigenvalue weighted by Crippen LogP contribution is 2.27. The van der Waals surface area contributed by atoms with Crippen molar-refractivity contribution >= 4 is 33.8 Å². The van der Waals surface area contributed by atoms with Crippen molar-refractivity contribution in [3.63, 3.8) is 0 Å². The number of imidazole rings is 2. The molecule has 26 heavy (non-hydrogen) atoms. The van der Waals surface area contributed by atoms with Gasteiger partial charge in [0.1, 0.15) is 17.7 Å². The average molecular weight is 369 g/mol. The number of hydrogen-bond donors (Lipinski definition) is 0. The van der Waals surface area contributed by atoms with Crippen molar-refractivity contribution in [2.45, 2.75) is 25.8 Å². The van der Waals surface area contributed by atoms with Gasteiger partial charge in [0.05, 0.1) is 17.2 Å². The maximum atomic E-state index is 6.15. The van der Waals surface area contributed by atoms with E-state index in [1.54, 1.807) is 12.5 Å². The number of ether oxygens (including phenoxy) is 1. The Hall–Kier alpha value is -2.51. The van der Waals surface area contributed by atoms with Crippen LogP contribution in [0.1, 0.15) is 24.7 Å². The second kappa shape index (κ2) is 6.03. The quantitative estimate of drug-likeness (QED) is 0.541. The molecule has 8 heteroatoms. The first-order valence-electron chi connectivity index (χ1n) is 8.63. The molecule has 132 valence electrons. The van der Waals surface area contributed by atoms with E-state index >= 15 is 0 Å². The fourth-order valence-corrected chi connectivity index (χ4v) is 3.80. The van der Waals surface area contributed by atoms with Gasteiger partial charge < -0.3 is 9.30 Å². The van der Waals surface area contributed by atoms with E-state index in [9.17, 15) is 0 Å². The van der Waals surface area contributed by atoms with Gasteiger partial charge in [-0.05, 0) is 38.0 Å². The summed E-state index contributed by atoms with van der Waals surface area (Å²) in [4.78, 5) is 18.4. The zero-order chi connectivity index (χ0) is 17.7. The summed E-state index contributed by atoms with van der Waals surface area (Å²) in [5.41, 5.74) is 3.39. The predicted molar refractivity (Wildman–Crippen MR) is 98.8 cm³/mol. The fourth-order valence-electron chi connectivity index (χ4n) is 3.63. The van der Waals surface area contributed by atoms with Gasteiger partial charge in [-0.3, -0.25) is 4.57 Å². The van der Waals surface area contributed by atoms with Crippen molar-refractivity contribution in [2.75, 3.05) is 13.2 Å². The number of fused-ring (bicyclic) bond motifs is 2. The van der Waals surface area contributed by atoms with Crippen molar-refractivity contribution in [1.82, 2.24) is 29.1 Å². The molecular weight excluding hydrogens is 352 g/mol. The summed E-state index contributed by atoms with van der Waals surface area (Å²) < 4.78 is 9.58. The summed E-state index contributed by atoms with van der Waals surface area (Å²) in [5, 5.41) is 0.656. The zero-order valence-electron chi connectivity index (χ0n) is 14.3. The van der Waals surface area contributed by atoms with Crippen LogP contribution in [0.4, 0.5) is 0 Å². The summed E-state index contributed by atoms with van der Waals surface area (Å²) in [6.07, 6.45) is 5.44. The standard InChI is InChI=1S/C18H17ClN6O/c1-11-22-15-9-20-18(23-17(15)25(11)13-4-6-26-7-5-13)24-10-21-14-3-2-12(19)8-16(14)24/h2-3,8-10,13H,4-7H2,1H3. The molecule has 7 nitrogen and oxygen atoms in total. The first-order valence-corrected chi connectivity index (χ1v) is 9.01. The number of aromatic nitrogens is 6. The second-order valence-corrected chi connectivity index (χ2v) is 6.94. The van der Waals surface area contributed by atoms with Crippen LogP contribution in [0.3, 0.4) is 0 Å². The summed E-state index contributed by atoms with van der Waals surface area (Å²) in [5.74, 6) is 1.52. The van der Waals surface area contributed by atoms with E-state index < -0.39 is 0 Å². The highest BCUT2D eigenvalue weighted by Gasteiger charge is 2.22. The van der Waals surface area contributed by atoms with Gasteiger partial charge in [0.25, 0.3) is 0 Å². The monoisotopic (exact) mass is 368 g/mol. The van der Waals surface area contributed by atoms with Gasteiger partial charge in [-0.25, -0.2) is 15.0 Å². The molecule has 0 atom stereocenters. The molecule has 1 aromatic carbocycles. The first-order chi connectivity index (χ1) is 12.7. The molecule has 1 aliphatic rings. The van der Waals surface area contributed by atoms with Crippen LogP contribution in [-0.4, -0.2) is 42.3 Å². The molecule has 0 spiro atoms. The molecule has 0 amide bonds. The molecule has 5 rings (SSSR count). The summed E-state index contributed by atoms with van der Waals surface area (Å²) in [6, 6.07) is 5.95. The maximum Gasteiger partial charge on any atom is 0.237 e. The van der Waals surface area contributed by atoms with Crippen LogP contribution in [0.15, 0.2) is 30.7 Å². The maximum absolute atomic E-state index is 6.15. The number of nitrogens with zero attached hydrogens (tertiary/aromatic N) is 6. The number of halogens is 1.